The van der Waals surface area contributed by atoms with Gasteiger partial charge in [0, 0.05) is 43.3 Å². The molecule has 6 heteroatoms. The molecule has 1 N–H and O–H groups in total. The van der Waals surface area contributed by atoms with Gasteiger partial charge in [0.2, 0.25) is 0 Å². The quantitative estimate of drug-likeness (QED) is 0.918. The van der Waals surface area contributed by atoms with Crippen LogP contribution in [0.1, 0.15) is 48.3 Å². The van der Waals surface area contributed by atoms with E-state index in [4.69, 9.17) is 0 Å². The van der Waals surface area contributed by atoms with Crippen LogP contribution in [0.5, 0.6) is 0 Å². The summed E-state index contributed by atoms with van der Waals surface area (Å²) in [6.45, 7) is 3.57. The van der Waals surface area contributed by atoms with Gasteiger partial charge in [-0.05, 0) is 26.2 Å². The molecule has 1 aromatic rings. The normalized spacial score (nSPS) is 26.7. The van der Waals surface area contributed by atoms with E-state index < -0.39 is 0 Å². The number of carbonyl (C=O) groups excluding carboxylic acids is 1. The summed E-state index contributed by atoms with van der Waals surface area (Å²) in [7, 11) is 0. The first-order valence-corrected chi connectivity index (χ1v) is 9.60. The van der Waals surface area contributed by atoms with E-state index >= 15 is 0 Å². The molecular weight excluding hydrogens is 308 g/mol. The summed E-state index contributed by atoms with van der Waals surface area (Å²) in [5, 5.41) is 3.84. The zero-order valence-corrected chi connectivity index (χ0v) is 14.4. The standard InChI is InChI=1S/C17H24N4OS/c1-12-18-7-13(8-19-12)16(22)21-10-17(11-21)6-15(9-23-17)20-14-4-2-3-5-14/h7-8,14-15,20H,2-6,9-11H2,1H3. The molecular formula is C17H24N4OS. The molecule has 1 aromatic heterocycles. The number of aryl methyl sites for hydroxylation is 1. The Morgan fingerprint density at radius 1 is 1.26 bits per heavy atom. The van der Waals surface area contributed by atoms with Gasteiger partial charge in [-0.3, -0.25) is 4.79 Å². The molecule has 1 atom stereocenters. The summed E-state index contributed by atoms with van der Waals surface area (Å²) >= 11 is 2.05. The van der Waals surface area contributed by atoms with Crippen molar-refractivity contribution in [3.05, 3.63) is 23.8 Å². The van der Waals surface area contributed by atoms with Crippen molar-refractivity contribution in [1.82, 2.24) is 20.2 Å². The second-order valence-electron chi connectivity index (χ2n) is 7.22. The minimum Gasteiger partial charge on any atom is -0.336 e. The van der Waals surface area contributed by atoms with Crippen molar-refractivity contribution in [2.75, 3.05) is 18.8 Å². The van der Waals surface area contributed by atoms with E-state index in [1.54, 1.807) is 12.4 Å². The number of likely N-dealkylation sites (tertiary alicyclic amines) is 1. The van der Waals surface area contributed by atoms with Crippen LogP contribution < -0.4 is 5.32 Å². The number of nitrogens with one attached hydrogen (secondary N) is 1. The zero-order valence-electron chi connectivity index (χ0n) is 13.6. The van der Waals surface area contributed by atoms with Crippen LogP contribution in [-0.2, 0) is 0 Å². The summed E-state index contributed by atoms with van der Waals surface area (Å²) < 4.78 is 0.289. The summed E-state index contributed by atoms with van der Waals surface area (Å²) in [5.41, 5.74) is 0.606. The number of carbonyl (C=O) groups is 1. The number of hydrogen-bond acceptors (Lipinski definition) is 5. The fraction of sp³-hybridized carbons (Fsp3) is 0.706. The topological polar surface area (TPSA) is 58.1 Å². The van der Waals surface area contributed by atoms with Gasteiger partial charge in [0.25, 0.3) is 5.91 Å². The van der Waals surface area contributed by atoms with E-state index in [2.05, 4.69) is 27.0 Å². The van der Waals surface area contributed by atoms with Crippen molar-refractivity contribution in [1.29, 1.82) is 0 Å². The molecule has 23 heavy (non-hydrogen) atoms. The van der Waals surface area contributed by atoms with Crippen LogP contribution in [0.2, 0.25) is 0 Å². The average Bonchev–Trinajstić information content (AvgIpc) is 3.16. The summed E-state index contributed by atoms with van der Waals surface area (Å²) in [6.07, 6.45) is 9.91. The lowest BCUT2D eigenvalue weighted by Crippen LogP contribution is -2.61. The van der Waals surface area contributed by atoms with Gasteiger partial charge >= 0.3 is 0 Å². The van der Waals surface area contributed by atoms with Gasteiger partial charge in [0.15, 0.2) is 0 Å². The first-order chi connectivity index (χ1) is 11.1. The Hall–Kier alpha value is -1.14. The monoisotopic (exact) mass is 332 g/mol. The largest absolute Gasteiger partial charge is 0.336 e. The Morgan fingerprint density at radius 3 is 2.65 bits per heavy atom. The molecule has 3 fully saturated rings. The fourth-order valence-electron chi connectivity index (χ4n) is 4.08. The van der Waals surface area contributed by atoms with Gasteiger partial charge < -0.3 is 10.2 Å². The minimum absolute atomic E-state index is 0.0726. The van der Waals surface area contributed by atoms with Crippen LogP contribution in [0.15, 0.2) is 12.4 Å². The average molecular weight is 332 g/mol. The second-order valence-corrected chi connectivity index (χ2v) is 8.71. The van der Waals surface area contributed by atoms with Gasteiger partial charge in [0.05, 0.1) is 10.3 Å². The summed E-state index contributed by atoms with van der Waals surface area (Å²) in [4.78, 5) is 22.7. The van der Waals surface area contributed by atoms with Crippen LogP contribution in [0.25, 0.3) is 0 Å². The molecule has 3 heterocycles. The maximum absolute atomic E-state index is 12.5. The smallest absolute Gasteiger partial charge is 0.257 e. The molecule has 1 unspecified atom stereocenters. The molecule has 2 aliphatic heterocycles. The van der Waals surface area contributed by atoms with Gasteiger partial charge in [-0.1, -0.05) is 12.8 Å². The highest BCUT2D eigenvalue weighted by Crippen LogP contribution is 2.45. The van der Waals surface area contributed by atoms with Gasteiger partial charge in [0.1, 0.15) is 5.82 Å². The van der Waals surface area contributed by atoms with Crippen molar-refractivity contribution < 1.29 is 4.79 Å². The number of rotatable bonds is 3. The van der Waals surface area contributed by atoms with E-state index in [-0.39, 0.29) is 10.7 Å². The fourth-order valence-corrected chi connectivity index (χ4v) is 5.66. The number of amides is 1. The van der Waals surface area contributed by atoms with Crippen LogP contribution in [0, 0.1) is 6.92 Å². The second kappa shape index (κ2) is 6.06. The maximum Gasteiger partial charge on any atom is 0.257 e. The SMILES string of the molecule is Cc1ncc(C(=O)N2CC3(CC(NC4CCCC4)CS3)C2)cn1. The number of nitrogens with zero attached hydrogens (tertiary/aromatic N) is 3. The maximum atomic E-state index is 12.5. The van der Waals surface area contributed by atoms with E-state index in [1.165, 1.54) is 37.9 Å². The van der Waals surface area contributed by atoms with Crippen LogP contribution in [0.4, 0.5) is 0 Å². The van der Waals surface area contributed by atoms with E-state index in [9.17, 15) is 4.79 Å². The first-order valence-electron chi connectivity index (χ1n) is 8.61. The third kappa shape index (κ3) is 3.11. The van der Waals surface area contributed by atoms with E-state index in [1.807, 2.05) is 11.8 Å². The van der Waals surface area contributed by atoms with Crippen LogP contribution in [0.3, 0.4) is 0 Å². The van der Waals surface area contributed by atoms with Crippen LogP contribution >= 0.6 is 11.8 Å². The third-order valence-electron chi connectivity index (χ3n) is 5.31. The Morgan fingerprint density at radius 2 is 1.96 bits per heavy atom. The first kappa shape index (κ1) is 15.4. The third-order valence-corrected chi connectivity index (χ3v) is 6.92. The van der Waals surface area contributed by atoms with Crippen molar-refractivity contribution in [3.63, 3.8) is 0 Å². The Kier molecular flexibility index (Phi) is 4.05. The summed E-state index contributed by atoms with van der Waals surface area (Å²) in [5.74, 6) is 1.96. The minimum atomic E-state index is 0.0726. The molecule has 5 nitrogen and oxygen atoms in total. The molecule has 0 aromatic carbocycles. The lowest BCUT2D eigenvalue weighted by molar-refractivity contribution is 0.0550. The lowest BCUT2D eigenvalue weighted by Gasteiger charge is -2.47. The molecule has 1 aliphatic carbocycles. The highest BCUT2D eigenvalue weighted by Gasteiger charge is 2.50. The Bertz CT molecular complexity index is 579. The van der Waals surface area contributed by atoms with Crippen molar-refractivity contribution >= 4 is 17.7 Å². The van der Waals surface area contributed by atoms with E-state index in [0.717, 1.165) is 19.1 Å². The molecule has 4 rings (SSSR count). The molecule has 3 aliphatic rings. The number of thioether (sulfide) groups is 1. The Balaban J connectivity index is 1.30. The highest BCUT2D eigenvalue weighted by molar-refractivity contribution is 8.01. The molecule has 0 bridgehead atoms. The predicted molar refractivity (Wildman–Crippen MR) is 91.7 cm³/mol. The highest BCUT2D eigenvalue weighted by atomic mass is 32.2. The van der Waals surface area contributed by atoms with Crippen molar-refractivity contribution in [2.24, 2.45) is 0 Å². The lowest BCUT2D eigenvalue weighted by atomic mass is 9.91. The molecule has 1 amide bonds. The van der Waals surface area contributed by atoms with Crippen molar-refractivity contribution in [2.45, 2.75) is 55.9 Å². The molecule has 1 spiro atoms. The zero-order chi connectivity index (χ0) is 15.9. The molecule has 2 saturated heterocycles. The predicted octanol–water partition coefficient (Wildman–Crippen LogP) is 2.02. The Labute approximate surface area is 141 Å². The summed E-state index contributed by atoms with van der Waals surface area (Å²) in [6, 6.07) is 1.36. The van der Waals surface area contributed by atoms with Crippen LogP contribution in [-0.4, -0.2) is 56.4 Å². The number of aromatic nitrogens is 2. The van der Waals surface area contributed by atoms with Gasteiger partial charge in [-0.2, -0.15) is 0 Å². The number of hydrogen-bond donors (Lipinski definition) is 1. The van der Waals surface area contributed by atoms with Gasteiger partial charge in [-0.25, -0.2) is 9.97 Å². The molecule has 0 radical (unpaired) electrons. The molecule has 1 saturated carbocycles. The van der Waals surface area contributed by atoms with E-state index in [0.29, 0.717) is 17.4 Å². The van der Waals surface area contributed by atoms with Gasteiger partial charge in [-0.15, -0.1) is 11.8 Å². The molecule has 124 valence electrons. The van der Waals surface area contributed by atoms with Crippen molar-refractivity contribution in [3.8, 4) is 0 Å².